The van der Waals surface area contributed by atoms with E-state index >= 15 is 0 Å². The van der Waals surface area contributed by atoms with Gasteiger partial charge in [-0.05, 0) is 40.2 Å². The maximum atomic E-state index is 5.44. The van der Waals surface area contributed by atoms with Crippen molar-refractivity contribution in [2.45, 2.75) is 46.7 Å². The van der Waals surface area contributed by atoms with Crippen LogP contribution in [0.2, 0.25) is 0 Å². The van der Waals surface area contributed by atoms with Crippen LogP contribution in [0.15, 0.2) is 0 Å². The Hall–Kier alpha value is -1.28. The molecule has 0 unspecified atom stereocenters. The number of hydrogen-bond donors (Lipinski definition) is 2. The van der Waals surface area contributed by atoms with E-state index in [9.17, 15) is 0 Å². The first kappa shape index (κ1) is 19.5. The van der Waals surface area contributed by atoms with Gasteiger partial charge in [0.25, 0.3) is 0 Å². The lowest BCUT2D eigenvalue weighted by Gasteiger charge is -2.26. The highest BCUT2D eigenvalue weighted by atomic mass is 32.1. The summed E-state index contributed by atoms with van der Waals surface area (Å²) in [4.78, 5) is 14.5. The van der Waals surface area contributed by atoms with Gasteiger partial charge in [-0.2, -0.15) is 0 Å². The lowest BCUT2D eigenvalue weighted by molar-refractivity contribution is 0.0331. The Labute approximate surface area is 160 Å². The SMILES string of the molecule is Cc1sc2nc(CN3CCOCC3)nc(NCCNC(C)(C)C)c2c1C. The monoisotopic (exact) mass is 377 g/mol. The Balaban J connectivity index is 1.79. The van der Waals surface area contributed by atoms with Crippen LogP contribution in [-0.4, -0.2) is 59.8 Å². The van der Waals surface area contributed by atoms with Crippen molar-refractivity contribution in [3.63, 3.8) is 0 Å². The first-order chi connectivity index (χ1) is 12.3. The number of nitrogens with one attached hydrogen (secondary N) is 2. The van der Waals surface area contributed by atoms with Crippen molar-refractivity contribution >= 4 is 27.4 Å². The van der Waals surface area contributed by atoms with Crippen LogP contribution in [-0.2, 0) is 11.3 Å². The van der Waals surface area contributed by atoms with Crippen molar-refractivity contribution in [3.05, 3.63) is 16.3 Å². The van der Waals surface area contributed by atoms with E-state index in [1.807, 2.05) is 0 Å². The van der Waals surface area contributed by atoms with Crippen molar-refractivity contribution < 1.29 is 4.74 Å². The first-order valence-electron chi connectivity index (χ1n) is 9.39. The van der Waals surface area contributed by atoms with E-state index in [1.54, 1.807) is 11.3 Å². The highest BCUT2D eigenvalue weighted by Crippen LogP contribution is 2.33. The Kier molecular flexibility index (Phi) is 6.12. The van der Waals surface area contributed by atoms with Gasteiger partial charge < -0.3 is 15.4 Å². The fourth-order valence-electron chi connectivity index (χ4n) is 3.07. The van der Waals surface area contributed by atoms with Gasteiger partial charge in [0.2, 0.25) is 0 Å². The minimum Gasteiger partial charge on any atom is -0.379 e. The van der Waals surface area contributed by atoms with Crippen molar-refractivity contribution in [3.8, 4) is 0 Å². The lowest BCUT2D eigenvalue weighted by Crippen LogP contribution is -2.38. The molecule has 6 nitrogen and oxygen atoms in total. The molecule has 3 heterocycles. The summed E-state index contributed by atoms with van der Waals surface area (Å²) >= 11 is 1.76. The number of rotatable bonds is 6. The minimum absolute atomic E-state index is 0.124. The number of nitrogens with zero attached hydrogens (tertiary/aromatic N) is 3. The number of hydrogen-bond acceptors (Lipinski definition) is 7. The molecule has 0 saturated carbocycles. The maximum absolute atomic E-state index is 5.44. The van der Waals surface area contributed by atoms with E-state index < -0.39 is 0 Å². The molecule has 3 rings (SSSR count). The molecule has 1 saturated heterocycles. The Morgan fingerprint density at radius 3 is 2.54 bits per heavy atom. The molecular weight excluding hydrogens is 346 g/mol. The van der Waals surface area contributed by atoms with Crippen LogP contribution >= 0.6 is 11.3 Å². The normalized spacial score (nSPS) is 16.3. The number of anilines is 1. The molecule has 26 heavy (non-hydrogen) atoms. The standard InChI is InChI=1S/C19H31N5OS/c1-13-14(2)26-18-16(13)17(20-6-7-21-19(3,4)5)22-15(23-18)12-24-8-10-25-11-9-24/h21H,6-12H2,1-5H3,(H,20,22,23). The molecule has 7 heteroatoms. The zero-order valence-electron chi connectivity index (χ0n) is 16.6. The summed E-state index contributed by atoms with van der Waals surface area (Å²) in [6, 6.07) is 0. The number of fused-ring (bicyclic) bond motifs is 1. The maximum Gasteiger partial charge on any atom is 0.146 e. The Morgan fingerprint density at radius 1 is 1.12 bits per heavy atom. The van der Waals surface area contributed by atoms with Crippen LogP contribution < -0.4 is 10.6 Å². The average molecular weight is 378 g/mol. The molecule has 2 aromatic heterocycles. The quantitative estimate of drug-likeness (QED) is 0.755. The van der Waals surface area contributed by atoms with Crippen molar-refractivity contribution in [2.24, 2.45) is 0 Å². The fourth-order valence-corrected chi connectivity index (χ4v) is 4.12. The predicted octanol–water partition coefficient (Wildman–Crippen LogP) is 2.94. The highest BCUT2D eigenvalue weighted by molar-refractivity contribution is 7.18. The third-order valence-corrected chi connectivity index (χ3v) is 5.72. The van der Waals surface area contributed by atoms with Gasteiger partial charge in [-0.3, -0.25) is 4.90 Å². The lowest BCUT2D eigenvalue weighted by atomic mass is 10.1. The van der Waals surface area contributed by atoms with E-state index in [0.717, 1.165) is 62.4 Å². The summed E-state index contributed by atoms with van der Waals surface area (Å²) in [5.41, 5.74) is 1.41. The molecule has 0 amide bonds. The smallest absolute Gasteiger partial charge is 0.146 e. The molecule has 0 atom stereocenters. The van der Waals surface area contributed by atoms with E-state index in [1.165, 1.54) is 15.8 Å². The van der Waals surface area contributed by atoms with Crippen LogP contribution in [0.3, 0.4) is 0 Å². The second kappa shape index (κ2) is 8.17. The predicted molar refractivity (Wildman–Crippen MR) is 109 cm³/mol. The molecule has 2 aromatic rings. The largest absolute Gasteiger partial charge is 0.379 e. The molecule has 144 valence electrons. The molecule has 0 aliphatic carbocycles. The molecule has 0 spiro atoms. The average Bonchev–Trinajstić information content (AvgIpc) is 2.86. The molecule has 0 bridgehead atoms. The van der Waals surface area contributed by atoms with Gasteiger partial charge in [-0.1, -0.05) is 0 Å². The Morgan fingerprint density at radius 2 is 1.85 bits per heavy atom. The Bertz CT molecular complexity index is 746. The summed E-state index contributed by atoms with van der Waals surface area (Å²) in [6.45, 7) is 16.9. The van der Waals surface area contributed by atoms with E-state index in [0.29, 0.717) is 0 Å². The van der Waals surface area contributed by atoms with Crippen molar-refractivity contribution in [2.75, 3.05) is 44.7 Å². The molecule has 1 aliphatic heterocycles. The summed E-state index contributed by atoms with van der Waals surface area (Å²) < 4.78 is 5.44. The molecular formula is C19H31N5OS. The number of aryl methyl sites for hydroxylation is 2. The van der Waals surface area contributed by atoms with Gasteiger partial charge in [-0.25, -0.2) is 9.97 Å². The van der Waals surface area contributed by atoms with Crippen LogP contribution in [0.5, 0.6) is 0 Å². The molecule has 0 aromatic carbocycles. The van der Waals surface area contributed by atoms with Crippen LogP contribution in [0.4, 0.5) is 5.82 Å². The van der Waals surface area contributed by atoms with Gasteiger partial charge in [0.1, 0.15) is 16.5 Å². The zero-order valence-corrected chi connectivity index (χ0v) is 17.4. The van der Waals surface area contributed by atoms with Crippen molar-refractivity contribution in [1.82, 2.24) is 20.2 Å². The molecule has 1 aliphatic rings. The number of aromatic nitrogens is 2. The first-order valence-corrected chi connectivity index (χ1v) is 10.2. The topological polar surface area (TPSA) is 62.3 Å². The number of thiophene rings is 1. The number of morpholine rings is 1. The van der Waals surface area contributed by atoms with Gasteiger partial charge in [0.15, 0.2) is 0 Å². The van der Waals surface area contributed by atoms with Gasteiger partial charge >= 0.3 is 0 Å². The van der Waals surface area contributed by atoms with E-state index in [-0.39, 0.29) is 5.54 Å². The van der Waals surface area contributed by atoms with Crippen LogP contribution in [0.25, 0.3) is 10.2 Å². The van der Waals surface area contributed by atoms with Crippen molar-refractivity contribution in [1.29, 1.82) is 0 Å². The molecule has 0 radical (unpaired) electrons. The summed E-state index contributed by atoms with van der Waals surface area (Å²) in [5, 5.41) is 8.23. The third kappa shape index (κ3) is 4.91. The van der Waals surface area contributed by atoms with Gasteiger partial charge in [-0.15, -0.1) is 11.3 Å². The summed E-state index contributed by atoms with van der Waals surface area (Å²) in [5.74, 6) is 1.86. The summed E-state index contributed by atoms with van der Waals surface area (Å²) in [6.07, 6.45) is 0. The van der Waals surface area contributed by atoms with E-state index in [2.05, 4.69) is 50.2 Å². The number of ether oxygens (including phenoxy) is 1. The second-order valence-electron chi connectivity index (χ2n) is 7.94. The van der Waals surface area contributed by atoms with Crippen LogP contribution in [0.1, 0.15) is 37.0 Å². The molecule has 1 fully saturated rings. The second-order valence-corrected chi connectivity index (χ2v) is 9.15. The zero-order chi connectivity index (χ0) is 18.7. The third-order valence-electron chi connectivity index (χ3n) is 4.62. The molecule has 2 N–H and O–H groups in total. The van der Waals surface area contributed by atoms with Gasteiger partial charge in [0, 0.05) is 36.6 Å². The minimum atomic E-state index is 0.124. The fraction of sp³-hybridized carbons (Fsp3) is 0.684. The van der Waals surface area contributed by atoms with Gasteiger partial charge in [0.05, 0.1) is 25.1 Å². The van der Waals surface area contributed by atoms with E-state index in [4.69, 9.17) is 14.7 Å². The highest BCUT2D eigenvalue weighted by Gasteiger charge is 2.17. The van der Waals surface area contributed by atoms with Crippen LogP contribution in [0, 0.1) is 13.8 Å². The summed E-state index contributed by atoms with van der Waals surface area (Å²) in [7, 11) is 0.